The Morgan fingerprint density at radius 2 is 2.17 bits per heavy atom. The minimum absolute atomic E-state index is 0.0733. The highest BCUT2D eigenvalue weighted by Crippen LogP contribution is 2.36. The first kappa shape index (κ1) is 12.4. The molecule has 1 spiro atoms. The maximum atomic E-state index is 12.2. The largest absolute Gasteiger partial charge is 0.381 e. The number of rotatable bonds is 2. The van der Waals surface area contributed by atoms with E-state index in [2.05, 4.69) is 0 Å². The molecule has 0 N–H and O–H groups in total. The fourth-order valence-electron chi connectivity index (χ4n) is 3.20. The zero-order chi connectivity index (χ0) is 12.6. The van der Waals surface area contributed by atoms with Crippen LogP contribution in [0.4, 0.5) is 0 Å². The molecule has 0 radical (unpaired) electrons. The van der Waals surface area contributed by atoms with Gasteiger partial charge >= 0.3 is 0 Å². The number of carbonyl (C=O) groups is 1. The summed E-state index contributed by atoms with van der Waals surface area (Å²) in [6.45, 7) is 3.50. The Balaban J connectivity index is 1.53. The predicted octanol–water partition coefficient (Wildman–Crippen LogP) is 0.429. The van der Waals surface area contributed by atoms with Gasteiger partial charge in [0.05, 0.1) is 31.7 Å². The second-order valence-electron chi connectivity index (χ2n) is 5.64. The van der Waals surface area contributed by atoms with Gasteiger partial charge in [0.2, 0.25) is 5.91 Å². The van der Waals surface area contributed by atoms with Crippen LogP contribution in [0, 0.1) is 5.92 Å². The molecule has 3 heterocycles. The van der Waals surface area contributed by atoms with E-state index in [1.807, 2.05) is 4.90 Å². The normalized spacial score (nSPS) is 34.6. The van der Waals surface area contributed by atoms with Crippen LogP contribution in [0.1, 0.15) is 19.3 Å². The summed E-state index contributed by atoms with van der Waals surface area (Å²) in [7, 11) is 1.75. The second kappa shape index (κ2) is 4.79. The average molecular weight is 255 g/mol. The van der Waals surface area contributed by atoms with Gasteiger partial charge in [0, 0.05) is 26.7 Å². The Kier molecular flexibility index (Phi) is 3.30. The van der Waals surface area contributed by atoms with Gasteiger partial charge in [-0.1, -0.05) is 0 Å². The Morgan fingerprint density at radius 1 is 1.33 bits per heavy atom. The summed E-state index contributed by atoms with van der Waals surface area (Å²) in [5.41, 5.74) is -0.131. The van der Waals surface area contributed by atoms with Gasteiger partial charge in [-0.2, -0.15) is 0 Å². The molecule has 3 aliphatic heterocycles. The van der Waals surface area contributed by atoms with Crippen molar-refractivity contribution < 1.29 is 19.0 Å². The van der Waals surface area contributed by atoms with E-state index < -0.39 is 0 Å². The third-order valence-electron chi connectivity index (χ3n) is 4.33. The number of nitrogens with zero attached hydrogens (tertiary/aromatic N) is 1. The van der Waals surface area contributed by atoms with Crippen molar-refractivity contribution in [3.8, 4) is 0 Å². The Hall–Kier alpha value is -0.650. The molecule has 3 saturated heterocycles. The molecule has 0 aromatic rings. The highest BCUT2D eigenvalue weighted by molar-refractivity contribution is 5.80. The van der Waals surface area contributed by atoms with Crippen molar-refractivity contribution in [2.75, 3.05) is 40.0 Å². The van der Waals surface area contributed by atoms with E-state index in [4.69, 9.17) is 14.2 Å². The smallest absolute Gasteiger partial charge is 0.228 e. The van der Waals surface area contributed by atoms with Crippen LogP contribution in [0.5, 0.6) is 0 Å². The summed E-state index contributed by atoms with van der Waals surface area (Å²) in [5.74, 6) is 0.311. The first-order valence-electron chi connectivity index (χ1n) is 6.76. The highest BCUT2D eigenvalue weighted by atomic mass is 16.5. The first-order chi connectivity index (χ1) is 8.72. The van der Waals surface area contributed by atoms with Crippen LogP contribution in [0.25, 0.3) is 0 Å². The van der Waals surface area contributed by atoms with Crippen LogP contribution in [0.15, 0.2) is 0 Å². The van der Waals surface area contributed by atoms with E-state index in [1.165, 1.54) is 0 Å². The van der Waals surface area contributed by atoms with Gasteiger partial charge in [-0.15, -0.1) is 0 Å². The van der Waals surface area contributed by atoms with Gasteiger partial charge in [-0.3, -0.25) is 4.79 Å². The van der Waals surface area contributed by atoms with Crippen LogP contribution in [0.3, 0.4) is 0 Å². The van der Waals surface area contributed by atoms with Gasteiger partial charge in [0.1, 0.15) is 5.60 Å². The lowest BCUT2D eigenvalue weighted by Crippen LogP contribution is -2.68. The van der Waals surface area contributed by atoms with Crippen molar-refractivity contribution in [3.05, 3.63) is 0 Å². The monoisotopic (exact) mass is 255 g/mol. The molecule has 0 bridgehead atoms. The van der Waals surface area contributed by atoms with Crippen molar-refractivity contribution in [1.82, 2.24) is 4.90 Å². The summed E-state index contributed by atoms with van der Waals surface area (Å²) >= 11 is 0. The van der Waals surface area contributed by atoms with Gasteiger partial charge in [0.15, 0.2) is 0 Å². The summed E-state index contributed by atoms with van der Waals surface area (Å²) in [6.07, 6.45) is 3.02. The van der Waals surface area contributed by atoms with Gasteiger partial charge in [0.25, 0.3) is 0 Å². The number of likely N-dealkylation sites (tertiary alicyclic amines) is 1. The third-order valence-corrected chi connectivity index (χ3v) is 4.33. The lowest BCUT2D eigenvalue weighted by molar-refractivity contribution is -0.200. The standard InChI is InChI=1S/C13H21NO4/c1-16-11-3-5-18-13(6-11)8-14(9-13)12(15)10-2-4-17-7-10/h10-11H,2-9H2,1H3/t10-,11+/m1/s1. The van der Waals surface area contributed by atoms with Crippen molar-refractivity contribution in [2.45, 2.75) is 31.0 Å². The van der Waals surface area contributed by atoms with Crippen molar-refractivity contribution in [3.63, 3.8) is 0 Å². The Morgan fingerprint density at radius 3 is 2.83 bits per heavy atom. The quantitative estimate of drug-likeness (QED) is 0.718. The van der Waals surface area contributed by atoms with Crippen LogP contribution in [-0.4, -0.2) is 62.5 Å². The minimum Gasteiger partial charge on any atom is -0.381 e. The van der Waals surface area contributed by atoms with Gasteiger partial charge < -0.3 is 19.1 Å². The fourth-order valence-corrected chi connectivity index (χ4v) is 3.20. The number of hydrogen-bond donors (Lipinski definition) is 0. The molecule has 3 aliphatic rings. The molecule has 3 fully saturated rings. The molecule has 0 unspecified atom stereocenters. The lowest BCUT2D eigenvalue weighted by Gasteiger charge is -2.53. The van der Waals surface area contributed by atoms with E-state index in [9.17, 15) is 4.79 Å². The van der Waals surface area contributed by atoms with Crippen molar-refractivity contribution >= 4 is 5.91 Å². The Bertz CT molecular complexity index is 321. The molecule has 3 rings (SSSR count). The SMILES string of the molecule is CO[C@H]1CCOC2(C1)CN(C(=O)[C@@H]1CCOC1)C2. The molecule has 5 heteroatoms. The molecule has 1 amide bonds. The number of carbonyl (C=O) groups excluding carboxylic acids is 1. The number of methoxy groups -OCH3 is 1. The van der Waals surface area contributed by atoms with E-state index in [0.717, 1.165) is 45.6 Å². The molecule has 0 aliphatic carbocycles. The maximum absolute atomic E-state index is 12.2. The van der Waals surface area contributed by atoms with Gasteiger partial charge in [-0.25, -0.2) is 0 Å². The molecule has 5 nitrogen and oxygen atoms in total. The van der Waals surface area contributed by atoms with E-state index in [1.54, 1.807) is 7.11 Å². The second-order valence-corrected chi connectivity index (χ2v) is 5.64. The van der Waals surface area contributed by atoms with E-state index in [-0.39, 0.29) is 23.5 Å². The van der Waals surface area contributed by atoms with Crippen molar-refractivity contribution in [2.24, 2.45) is 5.92 Å². The van der Waals surface area contributed by atoms with Gasteiger partial charge in [-0.05, 0) is 12.8 Å². The molecule has 102 valence electrons. The molecular weight excluding hydrogens is 234 g/mol. The number of amides is 1. The summed E-state index contributed by atoms with van der Waals surface area (Å²) in [4.78, 5) is 14.1. The molecule has 2 atom stereocenters. The van der Waals surface area contributed by atoms with Crippen LogP contribution in [0.2, 0.25) is 0 Å². The molecule has 0 aromatic heterocycles. The molecule has 0 saturated carbocycles. The molecule has 0 aromatic carbocycles. The van der Waals surface area contributed by atoms with Crippen LogP contribution in [-0.2, 0) is 19.0 Å². The topological polar surface area (TPSA) is 48.0 Å². The fraction of sp³-hybridized carbons (Fsp3) is 0.923. The number of ether oxygens (including phenoxy) is 3. The van der Waals surface area contributed by atoms with Crippen molar-refractivity contribution in [1.29, 1.82) is 0 Å². The van der Waals surface area contributed by atoms with Crippen LogP contribution < -0.4 is 0 Å². The third kappa shape index (κ3) is 2.15. The average Bonchev–Trinajstić information content (AvgIpc) is 2.89. The first-order valence-corrected chi connectivity index (χ1v) is 6.76. The molecular formula is C13H21NO4. The highest BCUT2D eigenvalue weighted by Gasteiger charge is 2.50. The predicted molar refractivity (Wildman–Crippen MR) is 64.2 cm³/mol. The lowest BCUT2D eigenvalue weighted by atomic mass is 9.84. The number of hydrogen-bond acceptors (Lipinski definition) is 4. The summed E-state index contributed by atoms with van der Waals surface area (Å²) < 4.78 is 16.6. The zero-order valence-corrected chi connectivity index (χ0v) is 10.9. The summed E-state index contributed by atoms with van der Waals surface area (Å²) in [5, 5.41) is 0. The Labute approximate surface area is 107 Å². The zero-order valence-electron chi connectivity index (χ0n) is 10.9. The van der Waals surface area contributed by atoms with E-state index in [0.29, 0.717) is 6.61 Å². The van der Waals surface area contributed by atoms with Crippen LogP contribution >= 0.6 is 0 Å². The van der Waals surface area contributed by atoms with E-state index >= 15 is 0 Å². The maximum Gasteiger partial charge on any atom is 0.228 e. The summed E-state index contributed by atoms with van der Waals surface area (Å²) in [6, 6.07) is 0. The molecule has 18 heavy (non-hydrogen) atoms. The minimum atomic E-state index is -0.131.